The molecule has 0 radical (unpaired) electrons. The van der Waals surface area contributed by atoms with Crippen molar-refractivity contribution in [1.29, 1.82) is 0 Å². The van der Waals surface area contributed by atoms with Crippen molar-refractivity contribution in [3.05, 3.63) is 35.6 Å². The van der Waals surface area contributed by atoms with Gasteiger partial charge in [0.2, 0.25) is 0 Å². The molecule has 0 bridgehead atoms. The number of halogens is 1. The normalized spacial score (nSPS) is 19.1. The van der Waals surface area contributed by atoms with Crippen molar-refractivity contribution in [3.63, 3.8) is 0 Å². The average Bonchev–Trinajstić information content (AvgIpc) is 2.99. The quantitative estimate of drug-likeness (QED) is 0.730. The number of hydrogen-bond donors (Lipinski definition) is 1. The number of carbonyl (C=O) groups is 1. The molecule has 1 atom stereocenters. The number of hydrogen-bond acceptors (Lipinski definition) is 2. The fourth-order valence-corrected chi connectivity index (χ4v) is 1.10. The summed E-state index contributed by atoms with van der Waals surface area (Å²) in [6.07, 6.45) is 0.166. The van der Waals surface area contributed by atoms with E-state index in [1.807, 2.05) is 0 Å². The summed E-state index contributed by atoms with van der Waals surface area (Å²) in [5, 5.41) is 2.69. The van der Waals surface area contributed by atoms with Crippen molar-refractivity contribution in [2.75, 3.05) is 13.2 Å². The first-order valence-electron chi connectivity index (χ1n) is 4.41. The number of benzene rings is 1. The molecule has 1 aromatic rings. The van der Waals surface area contributed by atoms with E-state index < -0.39 is 0 Å². The summed E-state index contributed by atoms with van der Waals surface area (Å²) >= 11 is 0. The Kier molecular flexibility index (Phi) is 2.45. The van der Waals surface area contributed by atoms with Crippen molar-refractivity contribution < 1.29 is 13.9 Å². The van der Waals surface area contributed by atoms with Crippen LogP contribution in [0.5, 0.6) is 0 Å². The molecule has 1 fully saturated rings. The molecule has 1 amide bonds. The number of amides is 1. The Morgan fingerprint density at radius 3 is 2.71 bits per heavy atom. The summed E-state index contributed by atoms with van der Waals surface area (Å²) < 4.78 is 17.5. The number of ether oxygens (including phenoxy) is 1. The monoisotopic (exact) mass is 195 g/mol. The lowest BCUT2D eigenvalue weighted by Gasteiger charge is -2.02. The summed E-state index contributed by atoms with van der Waals surface area (Å²) in [6.45, 7) is 1.24. The van der Waals surface area contributed by atoms with E-state index in [-0.39, 0.29) is 17.8 Å². The van der Waals surface area contributed by atoms with Gasteiger partial charge in [-0.3, -0.25) is 4.79 Å². The molecule has 1 N–H and O–H groups in total. The summed E-state index contributed by atoms with van der Waals surface area (Å²) in [4.78, 5) is 11.4. The minimum Gasteiger partial charge on any atom is -0.371 e. The van der Waals surface area contributed by atoms with Gasteiger partial charge in [0.1, 0.15) is 5.82 Å². The highest BCUT2D eigenvalue weighted by Crippen LogP contribution is 2.07. The van der Waals surface area contributed by atoms with Crippen molar-refractivity contribution in [3.8, 4) is 0 Å². The van der Waals surface area contributed by atoms with Gasteiger partial charge in [0.15, 0.2) is 0 Å². The van der Waals surface area contributed by atoms with Crippen LogP contribution < -0.4 is 5.32 Å². The first-order chi connectivity index (χ1) is 6.75. The Hall–Kier alpha value is -1.42. The van der Waals surface area contributed by atoms with Gasteiger partial charge < -0.3 is 10.1 Å². The minimum absolute atomic E-state index is 0.166. The van der Waals surface area contributed by atoms with E-state index >= 15 is 0 Å². The van der Waals surface area contributed by atoms with Crippen LogP contribution >= 0.6 is 0 Å². The molecule has 0 unspecified atom stereocenters. The first-order valence-corrected chi connectivity index (χ1v) is 4.41. The van der Waals surface area contributed by atoms with Gasteiger partial charge in [0.05, 0.1) is 12.7 Å². The average molecular weight is 195 g/mol. The Labute approximate surface area is 80.9 Å². The van der Waals surface area contributed by atoms with E-state index in [0.29, 0.717) is 18.7 Å². The zero-order valence-electron chi connectivity index (χ0n) is 7.50. The molecule has 0 spiro atoms. The number of epoxide rings is 1. The van der Waals surface area contributed by atoms with Crippen molar-refractivity contribution >= 4 is 5.91 Å². The Morgan fingerprint density at radius 1 is 1.50 bits per heavy atom. The van der Waals surface area contributed by atoms with Crippen LogP contribution in [0.4, 0.5) is 4.39 Å². The van der Waals surface area contributed by atoms with Crippen LogP contribution in [-0.2, 0) is 4.74 Å². The number of carbonyl (C=O) groups excluding carboxylic acids is 1. The van der Waals surface area contributed by atoms with Crippen LogP contribution in [0.2, 0.25) is 0 Å². The Morgan fingerprint density at radius 2 is 2.14 bits per heavy atom. The second kappa shape index (κ2) is 3.75. The SMILES string of the molecule is O=C(NC[C@@H]1CO1)c1ccc(F)cc1. The molecule has 0 aromatic heterocycles. The van der Waals surface area contributed by atoms with Crippen LogP contribution in [-0.4, -0.2) is 25.2 Å². The maximum absolute atomic E-state index is 12.5. The molecule has 1 saturated heterocycles. The van der Waals surface area contributed by atoms with E-state index in [1.165, 1.54) is 24.3 Å². The van der Waals surface area contributed by atoms with Crippen LogP contribution in [0.3, 0.4) is 0 Å². The van der Waals surface area contributed by atoms with Crippen LogP contribution in [0, 0.1) is 5.82 Å². The number of rotatable bonds is 3. The van der Waals surface area contributed by atoms with E-state index in [9.17, 15) is 9.18 Å². The van der Waals surface area contributed by atoms with Gasteiger partial charge in [0.25, 0.3) is 5.91 Å². The zero-order chi connectivity index (χ0) is 9.97. The van der Waals surface area contributed by atoms with Gasteiger partial charge in [0, 0.05) is 12.1 Å². The molecule has 2 rings (SSSR count). The predicted octanol–water partition coefficient (Wildman–Crippen LogP) is 0.954. The lowest BCUT2D eigenvalue weighted by molar-refractivity contribution is 0.0950. The molecule has 14 heavy (non-hydrogen) atoms. The molecular weight excluding hydrogens is 185 g/mol. The lowest BCUT2D eigenvalue weighted by atomic mass is 10.2. The minimum atomic E-state index is -0.341. The molecule has 0 saturated carbocycles. The van der Waals surface area contributed by atoms with E-state index in [2.05, 4.69) is 5.32 Å². The van der Waals surface area contributed by atoms with Crippen molar-refractivity contribution in [2.24, 2.45) is 0 Å². The van der Waals surface area contributed by atoms with Crippen molar-refractivity contribution in [2.45, 2.75) is 6.10 Å². The maximum Gasteiger partial charge on any atom is 0.251 e. The molecule has 1 aromatic carbocycles. The third-order valence-corrected chi connectivity index (χ3v) is 2.00. The van der Waals surface area contributed by atoms with Crippen molar-refractivity contribution in [1.82, 2.24) is 5.32 Å². The maximum atomic E-state index is 12.5. The van der Waals surface area contributed by atoms with Gasteiger partial charge in [-0.05, 0) is 24.3 Å². The van der Waals surface area contributed by atoms with Gasteiger partial charge in [-0.25, -0.2) is 4.39 Å². The predicted molar refractivity (Wildman–Crippen MR) is 48.5 cm³/mol. The molecule has 1 aliphatic rings. The largest absolute Gasteiger partial charge is 0.371 e. The number of nitrogens with one attached hydrogen (secondary N) is 1. The first kappa shape index (κ1) is 9.15. The summed E-state index contributed by atoms with van der Waals surface area (Å²) in [7, 11) is 0. The van der Waals surface area contributed by atoms with Gasteiger partial charge in [-0.1, -0.05) is 0 Å². The third-order valence-electron chi connectivity index (χ3n) is 2.00. The highest BCUT2D eigenvalue weighted by molar-refractivity contribution is 5.94. The standard InChI is InChI=1S/C10H10FNO2/c11-8-3-1-7(2-4-8)10(13)12-5-9-6-14-9/h1-4,9H,5-6H2,(H,12,13)/t9-/m1/s1. The lowest BCUT2D eigenvalue weighted by Crippen LogP contribution is -2.27. The van der Waals surface area contributed by atoms with Crippen LogP contribution in [0.15, 0.2) is 24.3 Å². The molecule has 4 heteroatoms. The van der Waals surface area contributed by atoms with Crippen LogP contribution in [0.25, 0.3) is 0 Å². The third kappa shape index (κ3) is 2.29. The summed E-state index contributed by atoms with van der Waals surface area (Å²) in [5.41, 5.74) is 0.465. The molecule has 1 heterocycles. The van der Waals surface area contributed by atoms with E-state index in [4.69, 9.17) is 4.74 Å². The molecule has 0 aliphatic carbocycles. The topological polar surface area (TPSA) is 41.6 Å². The fraction of sp³-hybridized carbons (Fsp3) is 0.300. The van der Waals surface area contributed by atoms with Gasteiger partial charge >= 0.3 is 0 Å². The fourth-order valence-electron chi connectivity index (χ4n) is 1.10. The smallest absolute Gasteiger partial charge is 0.251 e. The summed E-state index contributed by atoms with van der Waals surface area (Å²) in [6, 6.07) is 5.45. The highest BCUT2D eigenvalue weighted by Gasteiger charge is 2.22. The van der Waals surface area contributed by atoms with E-state index in [0.717, 1.165) is 0 Å². The van der Waals surface area contributed by atoms with Crippen LogP contribution in [0.1, 0.15) is 10.4 Å². The highest BCUT2D eigenvalue weighted by atomic mass is 19.1. The molecule has 3 nitrogen and oxygen atoms in total. The molecular formula is C10H10FNO2. The second-order valence-electron chi connectivity index (χ2n) is 3.17. The van der Waals surface area contributed by atoms with Gasteiger partial charge in [-0.2, -0.15) is 0 Å². The van der Waals surface area contributed by atoms with Gasteiger partial charge in [-0.15, -0.1) is 0 Å². The summed E-state index contributed by atoms with van der Waals surface area (Å²) in [5.74, 6) is -0.535. The second-order valence-corrected chi connectivity index (χ2v) is 3.17. The Balaban J connectivity index is 1.92. The Bertz CT molecular complexity index is 332. The molecule has 74 valence electrons. The molecule has 1 aliphatic heterocycles. The zero-order valence-corrected chi connectivity index (χ0v) is 7.50. The van der Waals surface area contributed by atoms with E-state index in [1.54, 1.807) is 0 Å².